The SMILES string of the molecule is C#Cc1ccccn1.C=C1CCc2nc3cc(C#Cc4ccccn4)ccc3c(=O)n2C1.C=C1CCc2nc3cc(C#Cc4ccccn4)ccc3c(=O)n2C1.CCOCC.Cl.Cl.Nc1cc(Br)ccc1C(=O)O.O=C1CCC(CO)CN1.O=C1CCC(Cc2ccccc2)CN1.O=C1CCC(Cc2ccccc2)CN1.O=S(=O)=O.O=S(=O)=O.O=S(=O)=O.O=c1c2ccc(Br)cc2nc2n1CC(Cc1ccccc1)CC2. The molecule has 13 aromatic rings. The van der Waals surface area contributed by atoms with Crippen molar-refractivity contribution in [3.63, 3.8) is 0 Å². The lowest BCUT2D eigenvalue weighted by molar-refractivity contribution is -0.123. The van der Waals surface area contributed by atoms with Crippen LogP contribution in [0.25, 0.3) is 32.7 Å². The fraction of sp³-hybridized carbons (Fsp3) is 0.280. The van der Waals surface area contributed by atoms with Gasteiger partial charge in [-0.2, -0.15) is 0 Å². The number of allylic oxidation sites excluding steroid dienone is 2. The van der Waals surface area contributed by atoms with E-state index in [1.165, 1.54) is 22.8 Å². The van der Waals surface area contributed by atoms with Crippen molar-refractivity contribution in [3.05, 3.63) is 369 Å². The molecule has 6 aromatic heterocycles. The van der Waals surface area contributed by atoms with E-state index in [9.17, 15) is 33.6 Å². The number of hydrogen-bond donors (Lipinski definition) is 6. The van der Waals surface area contributed by atoms with Crippen LogP contribution in [-0.4, -0.2) is 155 Å². The zero-order chi connectivity index (χ0) is 104. The Morgan fingerprint density at radius 3 is 1.12 bits per heavy atom. The second-order valence-electron chi connectivity index (χ2n) is 32.9. The summed E-state index contributed by atoms with van der Waals surface area (Å²) in [6.07, 6.45) is 23.4. The molecule has 0 aliphatic carbocycles. The molecule has 6 aliphatic rings. The second kappa shape index (κ2) is 65.1. The fourth-order valence-electron chi connectivity index (χ4n) is 15.3. The number of nitrogens with one attached hydrogen (secondary N) is 3. The molecule has 7 aromatic carbocycles. The maximum atomic E-state index is 12.8. The summed E-state index contributed by atoms with van der Waals surface area (Å²) in [6.45, 7) is 18.1. The molecule has 3 saturated heterocycles. The lowest BCUT2D eigenvalue weighted by Crippen LogP contribution is -2.36. The molecule has 146 heavy (non-hydrogen) atoms. The molecule has 6 aliphatic heterocycles. The van der Waals surface area contributed by atoms with Crippen LogP contribution >= 0.6 is 56.7 Å². The van der Waals surface area contributed by atoms with Crippen LogP contribution in [0.1, 0.15) is 144 Å². The van der Waals surface area contributed by atoms with Crippen LogP contribution in [0.2, 0.25) is 0 Å². The van der Waals surface area contributed by atoms with Gasteiger partial charge in [0.05, 0.1) is 38.3 Å². The number of aliphatic hydroxyl groups excluding tert-OH is 1. The molecule has 4 unspecified atom stereocenters. The normalized spacial score (nSPS) is 14.9. The first-order chi connectivity index (χ1) is 69.3. The number of aromatic carboxylic acids is 1. The number of terminal acetylenes is 1. The average molecular weight is 2210 g/mol. The van der Waals surface area contributed by atoms with E-state index in [0.717, 1.165) is 175 Å². The van der Waals surface area contributed by atoms with Crippen molar-refractivity contribution in [3.8, 4) is 36.0 Å². The monoisotopic (exact) mass is 2210 g/mol. The number of anilines is 1. The van der Waals surface area contributed by atoms with Gasteiger partial charge in [0.25, 0.3) is 16.7 Å². The Morgan fingerprint density at radius 2 is 0.781 bits per heavy atom. The van der Waals surface area contributed by atoms with Crippen LogP contribution in [-0.2, 0) is 109 Å². The zero-order valence-corrected chi connectivity index (χ0v) is 87.3. The van der Waals surface area contributed by atoms with Crippen LogP contribution in [0.5, 0.6) is 0 Å². The van der Waals surface area contributed by atoms with Gasteiger partial charge in [0.2, 0.25) is 17.7 Å². The topological polar surface area (TPSA) is 477 Å². The van der Waals surface area contributed by atoms with Crippen molar-refractivity contribution in [2.45, 2.75) is 130 Å². The molecule has 3 fully saturated rings. The number of hydrogen-bond acceptors (Lipinski definition) is 25. The summed E-state index contributed by atoms with van der Waals surface area (Å²) >= 11 is 6.62. The number of pyridine rings is 3. The number of benzene rings is 7. The lowest BCUT2D eigenvalue weighted by Gasteiger charge is -2.26. The van der Waals surface area contributed by atoms with Gasteiger partial charge in [-0.1, -0.05) is 183 Å². The lowest BCUT2D eigenvalue weighted by atomic mass is 9.92. The number of rotatable bonds is 10. The van der Waals surface area contributed by atoms with Crippen molar-refractivity contribution in [1.82, 2.24) is 59.6 Å². The smallest absolute Gasteiger partial charge is 0.425 e. The second-order valence-corrected chi connectivity index (χ2v) is 36.0. The third kappa shape index (κ3) is 43.2. The minimum atomic E-state index is -3.11. The number of halogens is 4. The van der Waals surface area contributed by atoms with Crippen LogP contribution < -0.4 is 38.4 Å². The fourth-order valence-corrected chi connectivity index (χ4v) is 16.0. The van der Waals surface area contributed by atoms with E-state index in [2.05, 4.69) is 188 Å². The largest absolute Gasteiger partial charge is 0.478 e. The molecule has 7 N–H and O–H groups in total. The number of piperidine rings is 3. The first-order valence-electron chi connectivity index (χ1n) is 45.8. The van der Waals surface area contributed by atoms with E-state index >= 15 is 0 Å². The number of fused-ring (bicyclic) bond motifs is 6. The summed E-state index contributed by atoms with van der Waals surface area (Å²) in [6, 6.07) is 69.6. The average Bonchev–Trinajstić information content (AvgIpc) is 0.781. The standard InChI is InChI=1S/2C20H15N3O.C19H17BrN2O.2C12H15NO.C7H6BrNO2.C7H5N.C6H11NO2.C4H10O.2ClH.3O3S/c2*1-14-5-10-19-22-18-12-15(6-8-16-4-2-3-11-21-16)7-9-17(18)20(24)23(19)13-14;20-15-7-8-16-17(11-15)21-18-9-6-14(12-22(18)19(16)23)10-13-4-2-1-3-5-13;2*14-12-7-6-11(9-13-12)8-10-4-2-1-3-5-10;8-4-1-2-5(7(10)11)6(9)3-4;1-2-7-5-3-4-6-8-7;8-4-5-1-2-6(9)7-3-5;1-3-5-4-2;;;3*1-4(2)3/h2*2-4,7,9,11-12H,1,5,10,13H2;1-5,7-8,11,14H,6,9-10,12H2;2*1-5,11H,6-9H2,(H,13,14);1-3H,9H2,(H,10,11);1,3-6H;5,8H,1-4H2,(H,7,9);3-4H2,1-2H3;2*1H;;;. The molecule has 32 nitrogen and oxygen atoms in total. The van der Waals surface area contributed by atoms with Gasteiger partial charge in [-0.3, -0.25) is 42.5 Å². The molecule has 39 heteroatoms. The highest BCUT2D eigenvalue weighted by Gasteiger charge is 2.25. The Hall–Kier alpha value is -14.4. The number of carboxylic acid groups (broad SMARTS) is 1. The van der Waals surface area contributed by atoms with Gasteiger partial charge in [0, 0.05) is 142 Å². The molecule has 4 atom stereocenters. The Morgan fingerprint density at radius 1 is 0.438 bits per heavy atom. The molecule has 19 rings (SSSR count). The van der Waals surface area contributed by atoms with E-state index in [0.29, 0.717) is 95.5 Å². The van der Waals surface area contributed by atoms with Gasteiger partial charge in [-0.15, -0.1) is 69.1 Å². The quantitative estimate of drug-likeness (QED) is 0.0421. The van der Waals surface area contributed by atoms with Crippen molar-refractivity contribution >= 4 is 151 Å². The first-order valence-corrected chi connectivity index (χ1v) is 50.4. The van der Waals surface area contributed by atoms with Crippen molar-refractivity contribution in [2.24, 2.45) is 23.7 Å². The third-order valence-corrected chi connectivity index (χ3v) is 23.4. The number of ether oxygens (including phenoxy) is 1. The summed E-state index contributed by atoms with van der Waals surface area (Å²) in [7, 11) is -9.33. The summed E-state index contributed by atoms with van der Waals surface area (Å²) < 4.78 is 87.9. The molecular weight excluding hydrogens is 2100 g/mol. The van der Waals surface area contributed by atoms with E-state index in [1.807, 2.05) is 128 Å². The minimum absolute atomic E-state index is 0. The molecule has 3 amide bonds. The van der Waals surface area contributed by atoms with Crippen LogP contribution in [0, 0.1) is 59.7 Å². The number of aliphatic hydroxyl groups is 1. The van der Waals surface area contributed by atoms with Gasteiger partial charge >= 0.3 is 37.8 Å². The van der Waals surface area contributed by atoms with Crippen LogP contribution in [0.4, 0.5) is 5.69 Å². The predicted octanol–water partition coefficient (Wildman–Crippen LogP) is 14.0. The highest BCUT2D eigenvalue weighted by molar-refractivity contribution is 9.10. The number of nitrogens with two attached hydrogens (primary N) is 1. The number of aromatic nitrogens is 9. The molecule has 0 spiro atoms. The Kier molecular flexibility index (Phi) is 53.6. The van der Waals surface area contributed by atoms with Gasteiger partial charge < -0.3 is 36.6 Å². The van der Waals surface area contributed by atoms with Gasteiger partial charge in [-0.05, 0) is 233 Å². The van der Waals surface area contributed by atoms with E-state index < -0.39 is 37.8 Å². The number of nitrogens with zero attached hydrogens (tertiary/aromatic N) is 9. The van der Waals surface area contributed by atoms with Crippen molar-refractivity contribution in [2.75, 3.05) is 45.2 Å². The molecule has 12 heterocycles. The number of carboxylic acids is 1. The third-order valence-electron chi connectivity index (χ3n) is 22.4. The summed E-state index contributed by atoms with van der Waals surface area (Å²) in [4.78, 5) is 107. The van der Waals surface area contributed by atoms with Gasteiger partial charge in [0.1, 0.15) is 34.6 Å². The minimum Gasteiger partial charge on any atom is -0.478 e. The number of carbonyl (C=O) groups excluding carboxylic acids is 3. The molecule has 0 saturated carbocycles. The maximum Gasteiger partial charge on any atom is 0.425 e. The highest BCUT2D eigenvalue weighted by atomic mass is 79.9. The summed E-state index contributed by atoms with van der Waals surface area (Å²) in [5, 5.41) is 27.6. The zero-order valence-electron chi connectivity index (χ0n) is 80.0. The van der Waals surface area contributed by atoms with E-state index in [1.54, 1.807) is 58.1 Å². The highest BCUT2D eigenvalue weighted by Crippen LogP contribution is 2.27. The van der Waals surface area contributed by atoms with E-state index in [-0.39, 0.29) is 77.1 Å². The van der Waals surface area contributed by atoms with Gasteiger partial charge in [0.15, 0.2) is 0 Å². The number of amides is 3. The molecule has 0 radical (unpaired) electrons. The van der Waals surface area contributed by atoms with E-state index in [4.69, 9.17) is 70.0 Å². The summed E-state index contributed by atoms with van der Waals surface area (Å²) in [5.41, 5.74) is 18.1. The maximum absolute atomic E-state index is 12.8. The number of nitrogen functional groups attached to an aromatic ring is 1. The predicted molar refractivity (Wildman–Crippen MR) is 571 cm³/mol. The van der Waals surface area contributed by atoms with Gasteiger partial charge in [-0.25, -0.2) is 34.7 Å². The van der Waals surface area contributed by atoms with Crippen LogP contribution in [0.3, 0.4) is 0 Å². The van der Waals surface area contributed by atoms with Crippen molar-refractivity contribution in [1.29, 1.82) is 0 Å². The Labute approximate surface area is 879 Å². The van der Waals surface area contributed by atoms with Crippen LogP contribution in [0.15, 0.2) is 285 Å². The Balaban J connectivity index is 0.000000254. The number of aryl methyl sites for hydroxylation is 3. The van der Waals surface area contributed by atoms with Crippen molar-refractivity contribution < 1.29 is 72.0 Å². The first kappa shape index (κ1) is 120. The molecule has 0 bridgehead atoms. The molecular formula is C107H111Br2Cl2N13O19S3. The number of carbonyl (C=O) groups is 4. The molecule has 764 valence electrons. The summed E-state index contributed by atoms with van der Waals surface area (Å²) in [5.74, 6) is 18.8. The Bertz CT molecular complexity index is 6980.